The number of aryl methyl sites for hydroxylation is 1. The van der Waals surface area contributed by atoms with Gasteiger partial charge in [0.1, 0.15) is 0 Å². The molecule has 14 heavy (non-hydrogen) atoms. The van der Waals surface area contributed by atoms with Crippen LogP contribution in [0.5, 0.6) is 0 Å². The molecule has 78 valence electrons. The van der Waals surface area contributed by atoms with Crippen molar-refractivity contribution in [2.45, 2.75) is 20.8 Å². The quantitative estimate of drug-likeness (QED) is 0.746. The zero-order valence-electron chi connectivity index (χ0n) is 9.54. The Balaban J connectivity index is 2.84. The van der Waals surface area contributed by atoms with Gasteiger partial charge in [0.15, 0.2) is 0 Å². The highest BCUT2D eigenvalue weighted by atomic mass is 15.1. The largest absolute Gasteiger partial charge is 0.399 e. The molecule has 0 aliphatic heterocycles. The van der Waals surface area contributed by atoms with Gasteiger partial charge in [-0.25, -0.2) is 0 Å². The molecule has 0 amide bonds. The Labute approximate surface area is 86.7 Å². The monoisotopic (exact) mass is 192 g/mol. The fraction of sp³-hybridized carbons (Fsp3) is 0.500. The van der Waals surface area contributed by atoms with Crippen LogP contribution in [0.4, 0.5) is 11.4 Å². The summed E-state index contributed by atoms with van der Waals surface area (Å²) >= 11 is 0. The molecular weight excluding hydrogens is 172 g/mol. The average Bonchev–Trinajstić information content (AvgIpc) is 2.00. The van der Waals surface area contributed by atoms with Gasteiger partial charge < -0.3 is 10.6 Å². The lowest BCUT2D eigenvalue weighted by Gasteiger charge is -2.22. The number of rotatable bonds is 3. The molecule has 0 unspecified atom stereocenters. The van der Waals surface area contributed by atoms with Crippen LogP contribution < -0.4 is 10.6 Å². The van der Waals surface area contributed by atoms with Crippen LogP contribution in [0.25, 0.3) is 0 Å². The molecule has 0 saturated carbocycles. The second-order valence-corrected chi connectivity index (χ2v) is 4.38. The molecule has 0 saturated heterocycles. The lowest BCUT2D eigenvalue weighted by molar-refractivity contribution is 0.638. The van der Waals surface area contributed by atoms with Gasteiger partial charge in [-0.05, 0) is 36.6 Å². The maximum absolute atomic E-state index is 5.80. The Kier molecular flexibility index (Phi) is 3.39. The number of nitrogens with zero attached hydrogens (tertiary/aromatic N) is 1. The minimum absolute atomic E-state index is 0.668. The Hall–Kier alpha value is -1.18. The number of hydrogen-bond donors (Lipinski definition) is 1. The first-order valence-corrected chi connectivity index (χ1v) is 5.07. The number of nitrogens with two attached hydrogens (primary N) is 1. The standard InChI is InChI=1S/C12H20N2/c1-9(2)8-14(4)12-6-10(3)5-11(13)7-12/h5-7,9H,8,13H2,1-4H3. The molecule has 1 rings (SSSR count). The lowest BCUT2D eigenvalue weighted by Crippen LogP contribution is -2.22. The van der Waals surface area contributed by atoms with Crippen molar-refractivity contribution in [3.8, 4) is 0 Å². The van der Waals surface area contributed by atoms with Crippen LogP contribution in [0.15, 0.2) is 18.2 Å². The summed E-state index contributed by atoms with van der Waals surface area (Å²) in [5, 5.41) is 0. The fourth-order valence-electron chi connectivity index (χ4n) is 1.67. The van der Waals surface area contributed by atoms with Gasteiger partial charge in [0, 0.05) is 25.0 Å². The van der Waals surface area contributed by atoms with Gasteiger partial charge in [0.25, 0.3) is 0 Å². The summed E-state index contributed by atoms with van der Waals surface area (Å²) in [4.78, 5) is 2.24. The molecule has 0 radical (unpaired) electrons. The van der Waals surface area contributed by atoms with Crippen molar-refractivity contribution in [2.75, 3.05) is 24.2 Å². The summed E-state index contributed by atoms with van der Waals surface area (Å²) in [6, 6.07) is 6.18. The highest BCUT2D eigenvalue weighted by Crippen LogP contribution is 2.19. The number of hydrogen-bond acceptors (Lipinski definition) is 2. The van der Waals surface area contributed by atoms with E-state index in [0.717, 1.165) is 12.2 Å². The predicted molar refractivity (Wildman–Crippen MR) is 63.7 cm³/mol. The van der Waals surface area contributed by atoms with Crippen molar-refractivity contribution >= 4 is 11.4 Å². The molecule has 2 heteroatoms. The molecule has 0 aliphatic rings. The van der Waals surface area contributed by atoms with Gasteiger partial charge in [-0.2, -0.15) is 0 Å². The van der Waals surface area contributed by atoms with E-state index in [1.807, 2.05) is 12.1 Å². The molecule has 0 aliphatic carbocycles. The molecule has 0 atom stereocenters. The maximum Gasteiger partial charge on any atom is 0.0387 e. The Morgan fingerprint density at radius 2 is 1.93 bits per heavy atom. The zero-order valence-corrected chi connectivity index (χ0v) is 9.54. The topological polar surface area (TPSA) is 29.3 Å². The third-order valence-corrected chi connectivity index (χ3v) is 2.16. The van der Waals surface area contributed by atoms with E-state index in [1.54, 1.807) is 0 Å². The molecule has 1 aromatic carbocycles. The number of nitrogen functional groups attached to an aromatic ring is 1. The molecule has 0 heterocycles. The summed E-state index contributed by atoms with van der Waals surface area (Å²) in [7, 11) is 2.11. The van der Waals surface area contributed by atoms with Crippen LogP contribution in [-0.2, 0) is 0 Å². The van der Waals surface area contributed by atoms with Crippen LogP contribution in [0.1, 0.15) is 19.4 Å². The van der Waals surface area contributed by atoms with Crippen molar-refractivity contribution in [3.63, 3.8) is 0 Å². The van der Waals surface area contributed by atoms with Gasteiger partial charge in [-0.15, -0.1) is 0 Å². The van der Waals surface area contributed by atoms with Crippen LogP contribution >= 0.6 is 0 Å². The minimum atomic E-state index is 0.668. The minimum Gasteiger partial charge on any atom is -0.399 e. The smallest absolute Gasteiger partial charge is 0.0387 e. The van der Waals surface area contributed by atoms with Crippen molar-refractivity contribution < 1.29 is 0 Å². The van der Waals surface area contributed by atoms with Gasteiger partial charge in [0.2, 0.25) is 0 Å². The first-order chi connectivity index (χ1) is 6.49. The van der Waals surface area contributed by atoms with E-state index in [2.05, 4.69) is 38.8 Å². The van der Waals surface area contributed by atoms with Crippen LogP contribution in [0.3, 0.4) is 0 Å². The molecule has 2 nitrogen and oxygen atoms in total. The summed E-state index contributed by atoms with van der Waals surface area (Å²) in [5.74, 6) is 0.668. The van der Waals surface area contributed by atoms with Crippen LogP contribution in [0.2, 0.25) is 0 Å². The Morgan fingerprint density at radius 3 is 2.43 bits per heavy atom. The lowest BCUT2D eigenvalue weighted by atomic mass is 10.1. The van der Waals surface area contributed by atoms with E-state index in [4.69, 9.17) is 5.73 Å². The van der Waals surface area contributed by atoms with Crippen molar-refractivity contribution in [1.29, 1.82) is 0 Å². The van der Waals surface area contributed by atoms with Crippen molar-refractivity contribution in [2.24, 2.45) is 5.92 Å². The van der Waals surface area contributed by atoms with Gasteiger partial charge in [-0.3, -0.25) is 0 Å². The molecular formula is C12H20N2. The number of benzene rings is 1. The SMILES string of the molecule is Cc1cc(N)cc(N(C)CC(C)C)c1. The fourth-order valence-corrected chi connectivity index (χ4v) is 1.67. The first-order valence-electron chi connectivity index (χ1n) is 5.07. The van der Waals surface area contributed by atoms with Crippen LogP contribution in [0, 0.1) is 12.8 Å². The summed E-state index contributed by atoms with van der Waals surface area (Å²) in [6.07, 6.45) is 0. The Bertz CT molecular complexity index is 285. The second-order valence-electron chi connectivity index (χ2n) is 4.38. The van der Waals surface area contributed by atoms with E-state index in [1.165, 1.54) is 11.3 Å². The molecule has 0 spiro atoms. The summed E-state index contributed by atoms with van der Waals surface area (Å²) in [5.41, 5.74) is 9.07. The predicted octanol–water partition coefficient (Wildman–Crippen LogP) is 2.67. The average molecular weight is 192 g/mol. The van der Waals surface area contributed by atoms with E-state index in [-0.39, 0.29) is 0 Å². The second kappa shape index (κ2) is 4.36. The molecule has 2 N–H and O–H groups in total. The van der Waals surface area contributed by atoms with E-state index < -0.39 is 0 Å². The normalized spacial score (nSPS) is 10.6. The Morgan fingerprint density at radius 1 is 1.29 bits per heavy atom. The molecule has 0 bridgehead atoms. The highest BCUT2D eigenvalue weighted by Gasteiger charge is 2.04. The molecule has 0 aromatic heterocycles. The van der Waals surface area contributed by atoms with Crippen LogP contribution in [-0.4, -0.2) is 13.6 Å². The third kappa shape index (κ3) is 2.95. The maximum atomic E-state index is 5.80. The number of anilines is 2. The van der Waals surface area contributed by atoms with E-state index >= 15 is 0 Å². The highest BCUT2D eigenvalue weighted by molar-refractivity contribution is 5.57. The third-order valence-electron chi connectivity index (χ3n) is 2.16. The van der Waals surface area contributed by atoms with Gasteiger partial charge >= 0.3 is 0 Å². The summed E-state index contributed by atoms with van der Waals surface area (Å²) in [6.45, 7) is 7.57. The first kappa shape index (κ1) is 10.9. The van der Waals surface area contributed by atoms with E-state index in [0.29, 0.717) is 5.92 Å². The molecule has 1 aromatic rings. The summed E-state index contributed by atoms with van der Waals surface area (Å²) < 4.78 is 0. The van der Waals surface area contributed by atoms with Gasteiger partial charge in [-0.1, -0.05) is 13.8 Å². The zero-order chi connectivity index (χ0) is 10.7. The van der Waals surface area contributed by atoms with E-state index in [9.17, 15) is 0 Å². The van der Waals surface area contributed by atoms with Crippen molar-refractivity contribution in [1.82, 2.24) is 0 Å². The van der Waals surface area contributed by atoms with Gasteiger partial charge in [0.05, 0.1) is 0 Å². The molecule has 0 fully saturated rings. The van der Waals surface area contributed by atoms with Crippen molar-refractivity contribution in [3.05, 3.63) is 23.8 Å².